The van der Waals surface area contributed by atoms with Crippen LogP contribution in [0, 0.1) is 5.92 Å². The van der Waals surface area contributed by atoms with Crippen LogP contribution in [-0.2, 0) is 22.3 Å². The van der Waals surface area contributed by atoms with Crippen LogP contribution < -0.4 is 10.1 Å². The maximum absolute atomic E-state index is 12.9. The van der Waals surface area contributed by atoms with Crippen LogP contribution in [0.3, 0.4) is 0 Å². The molecular weight excluding hydrogens is 423 g/mol. The van der Waals surface area contributed by atoms with E-state index in [1.54, 1.807) is 16.8 Å². The van der Waals surface area contributed by atoms with Crippen LogP contribution in [0.25, 0.3) is 16.6 Å². The molecule has 9 heteroatoms. The zero-order valence-corrected chi connectivity index (χ0v) is 17.2. The third kappa shape index (κ3) is 4.77. The summed E-state index contributed by atoms with van der Waals surface area (Å²) in [7, 11) is 0. The van der Waals surface area contributed by atoms with E-state index in [1.165, 1.54) is 12.1 Å². The van der Waals surface area contributed by atoms with E-state index in [-0.39, 0.29) is 12.5 Å². The zero-order valence-electron chi connectivity index (χ0n) is 17.2. The predicted octanol–water partition coefficient (Wildman–Crippen LogP) is 4.26. The molecule has 3 aromatic rings. The molecule has 1 saturated heterocycles. The number of halogens is 3. The number of amides is 1. The maximum Gasteiger partial charge on any atom is 0.416 e. The Morgan fingerprint density at radius 1 is 1.28 bits per heavy atom. The summed E-state index contributed by atoms with van der Waals surface area (Å²) in [5.74, 6) is 0.635. The molecule has 0 unspecified atom stereocenters. The second kappa shape index (κ2) is 9.04. The number of carbonyl (C=O) groups excluding carboxylic acids is 1. The van der Waals surface area contributed by atoms with Crippen molar-refractivity contribution in [3.8, 4) is 11.4 Å². The standard InChI is InChI=1S/C23H22F3N3O3/c1-2-22(30)27-12-20-19-11-18(32-14-15-9-10-31-13-15)7-8-21(19)29(28-20)17-5-3-16(4-6-17)23(24,25)26/h2-8,11,15H,1,9-10,12-14H2,(H,27,30)/t15-/m0/s1. The maximum atomic E-state index is 12.9. The van der Waals surface area contributed by atoms with E-state index in [4.69, 9.17) is 9.47 Å². The first-order valence-corrected chi connectivity index (χ1v) is 10.2. The summed E-state index contributed by atoms with van der Waals surface area (Å²) in [5.41, 5.74) is 0.984. The third-order valence-corrected chi connectivity index (χ3v) is 5.29. The van der Waals surface area contributed by atoms with Crippen molar-refractivity contribution in [3.05, 3.63) is 66.4 Å². The first kappa shape index (κ1) is 21.9. The number of hydrogen-bond donors (Lipinski definition) is 1. The molecule has 2 heterocycles. The minimum absolute atomic E-state index is 0.134. The van der Waals surface area contributed by atoms with E-state index in [2.05, 4.69) is 17.0 Å². The number of hydrogen-bond acceptors (Lipinski definition) is 4. The molecule has 1 fully saturated rings. The van der Waals surface area contributed by atoms with E-state index >= 15 is 0 Å². The molecule has 1 N–H and O–H groups in total. The molecule has 4 rings (SSSR count). The number of aromatic nitrogens is 2. The quantitative estimate of drug-likeness (QED) is 0.552. The fourth-order valence-electron chi connectivity index (χ4n) is 3.54. The highest BCUT2D eigenvalue weighted by atomic mass is 19.4. The number of alkyl halides is 3. The van der Waals surface area contributed by atoms with Crippen LogP contribution in [0.1, 0.15) is 17.7 Å². The van der Waals surface area contributed by atoms with Crippen LogP contribution in [0.2, 0.25) is 0 Å². The topological polar surface area (TPSA) is 65.4 Å². The molecule has 6 nitrogen and oxygen atoms in total. The average Bonchev–Trinajstić information content (AvgIpc) is 3.43. The molecule has 1 amide bonds. The normalized spacial score (nSPS) is 16.3. The van der Waals surface area contributed by atoms with Crippen molar-refractivity contribution in [1.29, 1.82) is 0 Å². The van der Waals surface area contributed by atoms with Crippen molar-refractivity contribution in [3.63, 3.8) is 0 Å². The lowest BCUT2D eigenvalue weighted by molar-refractivity contribution is -0.137. The molecule has 1 aliphatic rings. The van der Waals surface area contributed by atoms with Crippen molar-refractivity contribution < 1.29 is 27.4 Å². The Morgan fingerprint density at radius 3 is 2.72 bits per heavy atom. The molecule has 0 aliphatic carbocycles. The molecule has 1 aliphatic heterocycles. The number of benzene rings is 2. The lowest BCUT2D eigenvalue weighted by Gasteiger charge is -2.11. The number of fused-ring (bicyclic) bond motifs is 1. The highest BCUT2D eigenvalue weighted by Gasteiger charge is 2.30. The summed E-state index contributed by atoms with van der Waals surface area (Å²) in [6, 6.07) is 10.2. The van der Waals surface area contributed by atoms with Gasteiger partial charge in [0.15, 0.2) is 0 Å². The van der Waals surface area contributed by atoms with Crippen molar-refractivity contribution in [2.75, 3.05) is 19.8 Å². The van der Waals surface area contributed by atoms with E-state index in [0.717, 1.165) is 36.6 Å². The first-order valence-electron chi connectivity index (χ1n) is 10.2. The van der Waals surface area contributed by atoms with Gasteiger partial charge in [-0.3, -0.25) is 4.79 Å². The van der Waals surface area contributed by atoms with E-state index in [9.17, 15) is 18.0 Å². The molecule has 0 saturated carbocycles. The monoisotopic (exact) mass is 445 g/mol. The lowest BCUT2D eigenvalue weighted by atomic mass is 10.1. The molecule has 0 bridgehead atoms. The molecule has 0 radical (unpaired) electrons. The van der Waals surface area contributed by atoms with Crippen LogP contribution in [0.4, 0.5) is 13.2 Å². The second-order valence-electron chi connectivity index (χ2n) is 7.54. The van der Waals surface area contributed by atoms with Gasteiger partial charge < -0.3 is 14.8 Å². The molecule has 1 aromatic heterocycles. The number of nitrogens with zero attached hydrogens (tertiary/aromatic N) is 2. The third-order valence-electron chi connectivity index (χ3n) is 5.29. The van der Waals surface area contributed by atoms with Gasteiger partial charge in [-0.2, -0.15) is 18.3 Å². The number of carbonyl (C=O) groups is 1. The van der Waals surface area contributed by atoms with Crippen molar-refractivity contribution in [2.45, 2.75) is 19.1 Å². The lowest BCUT2D eigenvalue weighted by Crippen LogP contribution is -2.20. The first-order chi connectivity index (χ1) is 15.3. The van der Waals surface area contributed by atoms with Crippen LogP contribution in [0.5, 0.6) is 5.75 Å². The fourth-order valence-corrected chi connectivity index (χ4v) is 3.54. The van der Waals surface area contributed by atoms with Crippen LogP contribution >= 0.6 is 0 Å². The summed E-state index contributed by atoms with van der Waals surface area (Å²) >= 11 is 0. The molecule has 0 spiro atoms. The van der Waals surface area contributed by atoms with Gasteiger partial charge in [0.1, 0.15) is 5.75 Å². The average molecular weight is 445 g/mol. The smallest absolute Gasteiger partial charge is 0.416 e. The van der Waals surface area contributed by atoms with Crippen molar-refractivity contribution in [1.82, 2.24) is 15.1 Å². The molecule has 2 aromatic carbocycles. The van der Waals surface area contributed by atoms with Gasteiger partial charge in [-0.25, -0.2) is 4.68 Å². The van der Waals surface area contributed by atoms with E-state index in [0.29, 0.717) is 41.8 Å². The Kier molecular flexibility index (Phi) is 6.18. The Morgan fingerprint density at radius 2 is 2.06 bits per heavy atom. The van der Waals surface area contributed by atoms with Gasteiger partial charge >= 0.3 is 6.18 Å². The van der Waals surface area contributed by atoms with E-state index < -0.39 is 11.7 Å². The SMILES string of the molecule is C=CC(=O)NCc1nn(-c2ccc(C(F)(F)F)cc2)c2ccc(OC[C@H]3CCOC3)cc12. The highest BCUT2D eigenvalue weighted by molar-refractivity contribution is 5.88. The molecule has 32 heavy (non-hydrogen) atoms. The largest absolute Gasteiger partial charge is 0.493 e. The molecule has 1 atom stereocenters. The summed E-state index contributed by atoms with van der Waals surface area (Å²) < 4.78 is 51.6. The zero-order chi connectivity index (χ0) is 22.7. The van der Waals surface area contributed by atoms with Gasteiger partial charge in [0.2, 0.25) is 5.91 Å². The number of ether oxygens (including phenoxy) is 2. The van der Waals surface area contributed by atoms with Crippen LogP contribution in [-0.4, -0.2) is 35.5 Å². The summed E-state index contributed by atoms with van der Waals surface area (Å²) in [4.78, 5) is 11.6. The summed E-state index contributed by atoms with van der Waals surface area (Å²) in [5, 5.41) is 7.97. The second-order valence-corrected chi connectivity index (χ2v) is 7.54. The molecular formula is C23H22F3N3O3. The highest BCUT2D eigenvalue weighted by Crippen LogP contribution is 2.31. The van der Waals surface area contributed by atoms with Crippen LogP contribution in [0.15, 0.2) is 55.1 Å². The Labute approximate surface area is 182 Å². The van der Waals surface area contributed by atoms with Gasteiger partial charge in [0.25, 0.3) is 0 Å². The van der Waals surface area contributed by atoms with Gasteiger partial charge in [-0.15, -0.1) is 0 Å². The minimum atomic E-state index is -4.42. The number of rotatable bonds is 7. The van der Waals surface area contributed by atoms with E-state index in [1.807, 2.05) is 6.07 Å². The summed E-state index contributed by atoms with van der Waals surface area (Å²) in [6.07, 6.45) is -2.30. The molecule has 168 valence electrons. The number of nitrogens with one attached hydrogen (secondary N) is 1. The summed E-state index contributed by atoms with van der Waals surface area (Å²) in [6.45, 7) is 5.50. The van der Waals surface area contributed by atoms with Gasteiger partial charge in [0, 0.05) is 17.9 Å². The van der Waals surface area contributed by atoms with Gasteiger partial charge in [-0.1, -0.05) is 6.58 Å². The Bertz CT molecular complexity index is 1120. The van der Waals surface area contributed by atoms with Gasteiger partial charge in [-0.05, 0) is 55.0 Å². The van der Waals surface area contributed by atoms with Crippen molar-refractivity contribution >= 4 is 16.8 Å². The van der Waals surface area contributed by atoms with Crippen molar-refractivity contribution in [2.24, 2.45) is 5.92 Å². The predicted molar refractivity (Wildman–Crippen MR) is 113 cm³/mol. The van der Waals surface area contributed by atoms with Gasteiger partial charge in [0.05, 0.1) is 42.2 Å². The fraction of sp³-hybridized carbons (Fsp3) is 0.304. The Balaban J connectivity index is 1.67. The minimum Gasteiger partial charge on any atom is -0.493 e. The Hall–Kier alpha value is -3.33.